The number of aromatic hydroxyl groups is 2. The zero-order valence-corrected chi connectivity index (χ0v) is 29.5. The van der Waals surface area contributed by atoms with E-state index in [0.29, 0.717) is 0 Å². The SMILES string of the molecule is COc1cccc2c1C(=O)c1c(O)c3c(c(O)c1C2=O)CC(O)(C(C)=O)CC3OC1CC2C(OCOCN2C(=O)OCc2ncc(N(O)O)n2C)C(C)O1. The zero-order valence-electron chi connectivity index (χ0n) is 29.5. The van der Waals surface area contributed by atoms with Gasteiger partial charge in [0.1, 0.15) is 48.3 Å². The van der Waals surface area contributed by atoms with Gasteiger partial charge >= 0.3 is 6.09 Å². The molecular weight excluding hydrogens is 716 g/mol. The zero-order chi connectivity index (χ0) is 38.8. The van der Waals surface area contributed by atoms with E-state index < -0.39 is 95.2 Å². The molecule has 4 aliphatic rings. The predicted octanol–water partition coefficient (Wildman–Crippen LogP) is 2.00. The van der Waals surface area contributed by atoms with Crippen LogP contribution in [-0.2, 0) is 48.6 Å². The minimum atomic E-state index is -2.12. The van der Waals surface area contributed by atoms with Crippen LogP contribution in [0, 0.1) is 0 Å². The van der Waals surface area contributed by atoms with Crippen LogP contribution in [0.1, 0.15) is 81.6 Å². The largest absolute Gasteiger partial charge is 0.507 e. The summed E-state index contributed by atoms with van der Waals surface area (Å²) in [7, 11) is 2.81. The van der Waals surface area contributed by atoms with Crippen molar-refractivity contribution < 1.29 is 73.3 Å². The Morgan fingerprint density at radius 2 is 1.85 bits per heavy atom. The number of aromatic nitrogens is 2. The average Bonchev–Trinajstić information content (AvgIpc) is 3.36. The van der Waals surface area contributed by atoms with Crippen LogP contribution in [0.5, 0.6) is 17.2 Å². The van der Waals surface area contributed by atoms with Gasteiger partial charge in [-0.05, 0) is 19.9 Å². The molecule has 1 aromatic heterocycles. The molecule has 2 fully saturated rings. The highest BCUT2D eigenvalue weighted by molar-refractivity contribution is 6.31. The number of phenols is 2. The van der Waals surface area contributed by atoms with Gasteiger partial charge in [0.2, 0.25) is 5.78 Å². The lowest BCUT2D eigenvalue weighted by atomic mass is 9.72. The van der Waals surface area contributed by atoms with E-state index in [2.05, 4.69) is 4.98 Å². The Labute approximate surface area is 306 Å². The molecule has 2 aliphatic heterocycles. The van der Waals surface area contributed by atoms with Crippen molar-refractivity contribution in [2.24, 2.45) is 7.05 Å². The lowest BCUT2D eigenvalue weighted by Gasteiger charge is -2.44. The van der Waals surface area contributed by atoms with E-state index in [0.717, 1.165) is 13.1 Å². The van der Waals surface area contributed by atoms with Gasteiger partial charge in [-0.25, -0.2) is 9.78 Å². The molecule has 0 bridgehead atoms. The number of aliphatic hydroxyl groups is 1. The third kappa shape index (κ3) is 6.03. The quantitative estimate of drug-likeness (QED) is 0.134. The first-order valence-electron chi connectivity index (χ1n) is 16.9. The maximum Gasteiger partial charge on any atom is 0.412 e. The summed E-state index contributed by atoms with van der Waals surface area (Å²) in [6, 6.07) is 3.58. The minimum Gasteiger partial charge on any atom is -0.507 e. The smallest absolute Gasteiger partial charge is 0.412 e. The van der Waals surface area contributed by atoms with E-state index >= 15 is 0 Å². The van der Waals surface area contributed by atoms with Crippen LogP contribution in [0.15, 0.2) is 24.4 Å². The number of fused-ring (bicyclic) bond motifs is 4. The molecule has 2 saturated heterocycles. The van der Waals surface area contributed by atoms with Gasteiger partial charge in [0.25, 0.3) is 0 Å². The van der Waals surface area contributed by atoms with Crippen molar-refractivity contribution in [2.75, 3.05) is 25.9 Å². The Bertz CT molecular complexity index is 2050. The molecule has 54 heavy (non-hydrogen) atoms. The standard InChI is InChI=1S/C35H38N4O15/c1-15-33-19(38(13-50-14-52-33)34(45)51-12-22-36-11-23(37(22)3)39(47)48)8-24(53-15)54-21-10-35(46,16(2)40)9-18-26(21)32(44)28-27(30(18)42)29(41)17-6-5-7-20(49-4)25(17)31(28)43/h5-7,11,15,19,21,24,33,42,44,46-48H,8-10,12-14H2,1-4H3. The number of ether oxygens (including phenoxy) is 6. The molecule has 0 saturated carbocycles. The van der Waals surface area contributed by atoms with Crippen LogP contribution in [0.3, 0.4) is 0 Å². The maximum absolute atomic E-state index is 14.0. The van der Waals surface area contributed by atoms with E-state index in [1.54, 1.807) is 6.92 Å². The van der Waals surface area contributed by atoms with E-state index in [9.17, 15) is 44.9 Å². The fourth-order valence-corrected chi connectivity index (χ4v) is 7.65. The number of methoxy groups -OCH3 is 1. The molecular formula is C35H38N4O15. The minimum absolute atomic E-state index is 0.0598. The summed E-state index contributed by atoms with van der Waals surface area (Å²) in [6.07, 6.45) is -4.74. The molecule has 19 heteroatoms. The van der Waals surface area contributed by atoms with E-state index in [-0.39, 0.29) is 71.4 Å². The van der Waals surface area contributed by atoms with Gasteiger partial charge in [0, 0.05) is 43.0 Å². The van der Waals surface area contributed by atoms with Crippen LogP contribution in [0.2, 0.25) is 0 Å². The van der Waals surface area contributed by atoms with Crippen molar-refractivity contribution in [2.45, 2.75) is 76.0 Å². The molecule has 3 aromatic rings. The highest BCUT2D eigenvalue weighted by atomic mass is 16.8. The van der Waals surface area contributed by atoms with E-state index in [1.807, 2.05) is 0 Å². The van der Waals surface area contributed by atoms with Gasteiger partial charge in [0.05, 0.1) is 48.2 Å². The van der Waals surface area contributed by atoms with Crippen molar-refractivity contribution in [3.63, 3.8) is 0 Å². The number of rotatable bonds is 7. The first-order valence-corrected chi connectivity index (χ1v) is 16.9. The second-order valence-corrected chi connectivity index (χ2v) is 13.5. The first-order chi connectivity index (χ1) is 25.7. The maximum atomic E-state index is 14.0. The molecule has 19 nitrogen and oxygen atoms in total. The molecule has 6 atom stereocenters. The van der Waals surface area contributed by atoms with Crippen LogP contribution in [0.25, 0.3) is 0 Å². The molecule has 6 unspecified atom stereocenters. The average molecular weight is 755 g/mol. The Kier molecular flexibility index (Phi) is 9.59. The molecule has 0 radical (unpaired) electrons. The lowest BCUT2D eigenvalue weighted by molar-refractivity contribution is -0.261. The summed E-state index contributed by atoms with van der Waals surface area (Å²) >= 11 is 0. The number of carbonyl (C=O) groups is 4. The molecule has 1 amide bonds. The summed E-state index contributed by atoms with van der Waals surface area (Å²) in [5, 5.41) is 53.6. The summed E-state index contributed by atoms with van der Waals surface area (Å²) in [6.45, 7) is 2.03. The number of Topliss-reactive ketones (excluding diaryl/α,β-unsaturated/α-hetero) is 1. The van der Waals surface area contributed by atoms with Crippen molar-refractivity contribution in [1.29, 1.82) is 0 Å². The number of benzene rings is 2. The number of hydrogen-bond donors (Lipinski definition) is 5. The third-order valence-corrected chi connectivity index (χ3v) is 10.5. The molecule has 3 heterocycles. The topological polar surface area (TPSA) is 249 Å². The van der Waals surface area contributed by atoms with Gasteiger partial charge in [-0.3, -0.25) is 29.7 Å². The van der Waals surface area contributed by atoms with Gasteiger partial charge in [-0.15, -0.1) is 5.23 Å². The first kappa shape index (κ1) is 37.2. The Morgan fingerprint density at radius 3 is 2.54 bits per heavy atom. The van der Waals surface area contributed by atoms with Gasteiger partial charge < -0.3 is 48.3 Å². The van der Waals surface area contributed by atoms with Crippen molar-refractivity contribution in [3.8, 4) is 17.2 Å². The van der Waals surface area contributed by atoms with E-state index in [1.165, 1.54) is 41.8 Å². The number of phenolic OH excluding ortho intramolecular Hbond substituents is 2. The third-order valence-electron chi connectivity index (χ3n) is 10.5. The molecule has 0 spiro atoms. The van der Waals surface area contributed by atoms with Crippen LogP contribution >= 0.6 is 0 Å². The van der Waals surface area contributed by atoms with Crippen molar-refractivity contribution in [1.82, 2.24) is 14.5 Å². The van der Waals surface area contributed by atoms with Gasteiger partial charge in [-0.2, -0.15) is 0 Å². The summed E-state index contributed by atoms with van der Waals surface area (Å²) in [5.41, 5.74) is -3.53. The predicted molar refractivity (Wildman–Crippen MR) is 177 cm³/mol. The Hall–Kier alpha value is -5.15. The molecule has 7 rings (SSSR count). The van der Waals surface area contributed by atoms with E-state index in [4.69, 9.17) is 28.4 Å². The number of amides is 1. The lowest BCUT2D eigenvalue weighted by Crippen LogP contribution is -2.57. The Balaban J connectivity index is 1.21. The monoisotopic (exact) mass is 754 g/mol. The van der Waals surface area contributed by atoms with Crippen LogP contribution in [-0.4, -0.2) is 114 Å². The number of imidazole rings is 1. The normalized spacial score (nSPS) is 26.2. The highest BCUT2D eigenvalue weighted by Gasteiger charge is 2.51. The number of ketones is 3. The molecule has 2 aliphatic carbocycles. The highest BCUT2D eigenvalue weighted by Crippen LogP contribution is 2.52. The molecule has 5 N–H and O–H groups in total. The second kappa shape index (κ2) is 13.9. The number of hydrogen-bond acceptors (Lipinski definition) is 17. The summed E-state index contributed by atoms with van der Waals surface area (Å²) in [4.78, 5) is 59.4. The van der Waals surface area contributed by atoms with Gasteiger partial charge in [0.15, 0.2) is 30.3 Å². The fraction of sp³-hybridized carbons (Fsp3) is 0.457. The van der Waals surface area contributed by atoms with Gasteiger partial charge in [-0.1, -0.05) is 12.1 Å². The number of anilines is 1. The second-order valence-electron chi connectivity index (χ2n) is 13.5. The molecule has 2 aromatic carbocycles. The van der Waals surface area contributed by atoms with Crippen LogP contribution < -0.4 is 9.96 Å². The number of nitrogens with zero attached hydrogens (tertiary/aromatic N) is 4. The fourth-order valence-electron chi connectivity index (χ4n) is 7.65. The van der Waals surface area contributed by atoms with Crippen molar-refractivity contribution >= 4 is 29.3 Å². The van der Waals surface area contributed by atoms with Crippen LogP contribution in [0.4, 0.5) is 10.6 Å². The van der Waals surface area contributed by atoms with Crippen molar-refractivity contribution in [3.05, 3.63) is 63.6 Å². The number of carbonyl (C=O) groups excluding carboxylic acids is 4. The Morgan fingerprint density at radius 1 is 1.11 bits per heavy atom. The summed E-state index contributed by atoms with van der Waals surface area (Å²) < 4.78 is 36.1. The molecule has 288 valence electrons. The summed E-state index contributed by atoms with van der Waals surface area (Å²) in [5.74, 6) is -3.41.